The molecule has 206 valence electrons. The zero-order chi connectivity index (χ0) is 27.9. The van der Waals surface area contributed by atoms with Gasteiger partial charge in [-0.05, 0) is 36.4 Å². The minimum Gasteiger partial charge on any atom is -0.497 e. The Kier molecular flexibility index (Phi) is 8.70. The van der Waals surface area contributed by atoms with Crippen LogP contribution in [0, 0.1) is 0 Å². The highest BCUT2D eigenvalue weighted by Gasteiger charge is 2.18. The highest BCUT2D eigenvalue weighted by atomic mass is 35.5. The molecule has 4 aromatic rings. The number of amides is 2. The number of carbonyl (C=O) groups excluding carboxylic acids is 1. The van der Waals surface area contributed by atoms with Crippen LogP contribution in [-0.2, 0) is 4.74 Å². The van der Waals surface area contributed by atoms with Crippen LogP contribution >= 0.6 is 23.2 Å². The Labute approximate surface area is 241 Å². The van der Waals surface area contributed by atoms with E-state index in [2.05, 4.69) is 30.8 Å². The van der Waals surface area contributed by atoms with Gasteiger partial charge in [0.05, 0.1) is 53.6 Å². The molecule has 2 amide bonds. The maximum absolute atomic E-state index is 12.9. The maximum atomic E-state index is 12.9. The number of aromatic nitrogens is 2. The Morgan fingerprint density at radius 3 is 2.42 bits per heavy atom. The van der Waals surface area contributed by atoms with E-state index in [4.69, 9.17) is 37.4 Å². The van der Waals surface area contributed by atoms with Gasteiger partial charge < -0.3 is 35.1 Å². The summed E-state index contributed by atoms with van der Waals surface area (Å²) in [5, 5.41) is 9.25. The summed E-state index contributed by atoms with van der Waals surface area (Å²) in [5.74, 6) is 1.44. The summed E-state index contributed by atoms with van der Waals surface area (Å²) in [6.45, 7) is 2.87. The van der Waals surface area contributed by atoms with Gasteiger partial charge in [-0.1, -0.05) is 47.5 Å². The molecule has 0 unspecified atom stereocenters. The lowest BCUT2D eigenvalue weighted by atomic mass is 10.2. The predicted octanol–water partition coefficient (Wildman–Crippen LogP) is 6.81. The van der Waals surface area contributed by atoms with Crippen LogP contribution in [-0.4, -0.2) is 49.4 Å². The third kappa shape index (κ3) is 6.66. The van der Waals surface area contributed by atoms with Gasteiger partial charge in [-0.2, -0.15) is 4.98 Å². The monoisotopic (exact) mass is 580 g/mol. The lowest BCUT2D eigenvalue weighted by molar-refractivity contribution is 0.123. The predicted molar refractivity (Wildman–Crippen MR) is 157 cm³/mol. The van der Waals surface area contributed by atoms with E-state index in [1.807, 2.05) is 24.3 Å². The van der Waals surface area contributed by atoms with Crippen molar-refractivity contribution in [3.63, 3.8) is 0 Å². The van der Waals surface area contributed by atoms with E-state index >= 15 is 0 Å². The largest absolute Gasteiger partial charge is 0.497 e. The number of nitrogens with zero attached hydrogens (tertiary/aromatic N) is 3. The molecular formula is C28H26Cl2N6O4. The summed E-state index contributed by atoms with van der Waals surface area (Å²) in [6, 6.07) is 19.2. The third-order valence-electron chi connectivity index (χ3n) is 5.96. The van der Waals surface area contributed by atoms with Gasteiger partial charge in [0.25, 0.3) is 0 Å². The zero-order valence-electron chi connectivity index (χ0n) is 21.5. The molecule has 0 bridgehead atoms. The minimum absolute atomic E-state index is 0.106. The number of para-hydroxylation sites is 3. The summed E-state index contributed by atoms with van der Waals surface area (Å²) in [7, 11) is 1.56. The van der Waals surface area contributed by atoms with Gasteiger partial charge in [0.15, 0.2) is 0 Å². The van der Waals surface area contributed by atoms with E-state index in [0.717, 1.165) is 24.5 Å². The number of hydrogen-bond donors (Lipinski definition) is 3. The minimum atomic E-state index is -0.604. The fourth-order valence-corrected chi connectivity index (χ4v) is 4.52. The van der Waals surface area contributed by atoms with Crippen molar-refractivity contribution >= 4 is 57.9 Å². The molecule has 5 rings (SSSR count). The second-order valence-electron chi connectivity index (χ2n) is 8.61. The van der Waals surface area contributed by atoms with E-state index in [9.17, 15) is 4.79 Å². The Bertz CT molecular complexity index is 1480. The second kappa shape index (κ2) is 12.7. The first kappa shape index (κ1) is 27.3. The van der Waals surface area contributed by atoms with Gasteiger partial charge in [-0.25, -0.2) is 9.78 Å². The van der Waals surface area contributed by atoms with E-state index in [1.54, 1.807) is 49.6 Å². The van der Waals surface area contributed by atoms with E-state index in [-0.39, 0.29) is 23.2 Å². The number of rotatable bonds is 8. The van der Waals surface area contributed by atoms with Crippen molar-refractivity contribution in [2.75, 3.05) is 54.3 Å². The summed E-state index contributed by atoms with van der Waals surface area (Å²) in [4.78, 5) is 24.1. The van der Waals surface area contributed by atoms with Gasteiger partial charge in [-0.3, -0.25) is 0 Å². The van der Waals surface area contributed by atoms with Gasteiger partial charge in [0.2, 0.25) is 11.8 Å². The van der Waals surface area contributed by atoms with E-state index in [1.165, 1.54) is 6.20 Å². The van der Waals surface area contributed by atoms with Crippen LogP contribution in [0.5, 0.6) is 17.4 Å². The number of benzene rings is 3. The molecule has 2 heterocycles. The molecule has 10 nitrogen and oxygen atoms in total. The number of anilines is 5. The lowest BCUT2D eigenvalue weighted by Crippen LogP contribution is -2.36. The molecule has 1 fully saturated rings. The van der Waals surface area contributed by atoms with Crippen molar-refractivity contribution in [3.8, 4) is 17.4 Å². The lowest BCUT2D eigenvalue weighted by Gasteiger charge is -2.30. The number of halogens is 2. The number of hydrogen-bond acceptors (Lipinski definition) is 8. The molecule has 12 heteroatoms. The number of ether oxygens (including phenoxy) is 3. The Morgan fingerprint density at radius 2 is 1.65 bits per heavy atom. The first-order chi connectivity index (χ1) is 19.5. The summed E-state index contributed by atoms with van der Waals surface area (Å²) in [5.41, 5.74) is 2.32. The molecule has 0 atom stereocenters. The summed E-state index contributed by atoms with van der Waals surface area (Å²) < 4.78 is 16.9. The molecule has 1 aliphatic rings. The van der Waals surface area contributed by atoms with Crippen LogP contribution < -0.4 is 30.3 Å². The zero-order valence-corrected chi connectivity index (χ0v) is 23.0. The quantitative estimate of drug-likeness (QED) is 0.208. The van der Waals surface area contributed by atoms with Gasteiger partial charge in [0, 0.05) is 19.2 Å². The number of methoxy groups -OCH3 is 1. The van der Waals surface area contributed by atoms with Crippen molar-refractivity contribution in [2.24, 2.45) is 0 Å². The van der Waals surface area contributed by atoms with Crippen LogP contribution in [0.1, 0.15) is 0 Å². The number of urea groups is 1. The average Bonchev–Trinajstić information content (AvgIpc) is 2.97. The maximum Gasteiger partial charge on any atom is 0.323 e. The van der Waals surface area contributed by atoms with Crippen molar-refractivity contribution in [2.45, 2.75) is 0 Å². The molecule has 0 aliphatic carbocycles. The molecule has 1 aliphatic heterocycles. The van der Waals surface area contributed by atoms with Crippen LogP contribution in [0.2, 0.25) is 10.0 Å². The average molecular weight is 581 g/mol. The van der Waals surface area contributed by atoms with Gasteiger partial charge in [-0.15, -0.1) is 0 Å². The normalized spacial score (nSPS) is 12.9. The SMILES string of the molecule is COc1cccc(Oc2nc(Nc3ccccc3N3CCOCC3)ncc2NC(=O)Nc2c(Cl)cccc2Cl)c1. The molecule has 0 radical (unpaired) electrons. The Morgan fingerprint density at radius 1 is 0.925 bits per heavy atom. The summed E-state index contributed by atoms with van der Waals surface area (Å²) >= 11 is 12.4. The highest BCUT2D eigenvalue weighted by molar-refractivity contribution is 6.39. The topological polar surface area (TPSA) is 110 Å². The van der Waals surface area contributed by atoms with Crippen molar-refractivity contribution in [1.29, 1.82) is 0 Å². The number of carbonyl (C=O) groups is 1. The van der Waals surface area contributed by atoms with Gasteiger partial charge in [0.1, 0.15) is 17.2 Å². The van der Waals surface area contributed by atoms with E-state index in [0.29, 0.717) is 34.8 Å². The fourth-order valence-electron chi connectivity index (χ4n) is 4.03. The molecule has 3 aromatic carbocycles. The Hall–Kier alpha value is -4.25. The first-order valence-electron chi connectivity index (χ1n) is 12.4. The molecule has 0 saturated carbocycles. The molecule has 40 heavy (non-hydrogen) atoms. The molecular weight excluding hydrogens is 555 g/mol. The third-order valence-corrected chi connectivity index (χ3v) is 6.59. The van der Waals surface area contributed by atoms with Crippen LogP contribution in [0.3, 0.4) is 0 Å². The van der Waals surface area contributed by atoms with Crippen molar-refractivity contribution in [1.82, 2.24) is 9.97 Å². The highest BCUT2D eigenvalue weighted by Crippen LogP contribution is 2.34. The first-order valence-corrected chi connectivity index (χ1v) is 13.2. The molecule has 0 spiro atoms. The molecule has 3 N–H and O–H groups in total. The number of nitrogens with one attached hydrogen (secondary N) is 3. The second-order valence-corrected chi connectivity index (χ2v) is 9.43. The number of morpholine rings is 1. The standard InChI is InChI=1S/C28H26Cl2N6O4/c1-38-18-6-4-7-19(16-18)40-26-23(33-28(37)34-25-20(29)8-5-9-21(25)30)17-31-27(35-26)32-22-10-2-3-11-24(22)36-12-14-39-15-13-36/h2-11,16-17H,12-15H2,1H3,(H,31,32,35)(H2,33,34,37). The molecule has 1 saturated heterocycles. The summed E-state index contributed by atoms with van der Waals surface area (Å²) in [6.07, 6.45) is 1.45. The molecule has 1 aromatic heterocycles. The fraction of sp³-hybridized carbons (Fsp3) is 0.179. The van der Waals surface area contributed by atoms with Crippen molar-refractivity contribution < 1.29 is 19.0 Å². The van der Waals surface area contributed by atoms with E-state index < -0.39 is 6.03 Å². The van der Waals surface area contributed by atoms with Crippen LogP contribution in [0.4, 0.5) is 33.5 Å². The van der Waals surface area contributed by atoms with Crippen LogP contribution in [0.15, 0.2) is 72.9 Å². The van der Waals surface area contributed by atoms with Crippen LogP contribution in [0.25, 0.3) is 0 Å². The smallest absolute Gasteiger partial charge is 0.323 e. The Balaban J connectivity index is 1.43. The van der Waals surface area contributed by atoms with Crippen molar-refractivity contribution in [3.05, 3.63) is 83.0 Å². The van der Waals surface area contributed by atoms with Gasteiger partial charge >= 0.3 is 6.03 Å².